The molecule has 7 nitrogen and oxygen atoms in total. The molecule has 0 fully saturated rings. The van der Waals surface area contributed by atoms with Crippen molar-refractivity contribution < 1.29 is 28.8 Å². The van der Waals surface area contributed by atoms with Crippen LogP contribution in [0.5, 0.6) is 0 Å². The van der Waals surface area contributed by atoms with Crippen molar-refractivity contribution in [2.75, 3.05) is 0 Å². The summed E-state index contributed by atoms with van der Waals surface area (Å²) in [6, 6.07) is 0. The fraction of sp³-hybridized carbons (Fsp3) is 0.500. The van der Waals surface area contributed by atoms with Crippen LogP contribution in [0, 0.1) is 0 Å². The zero-order chi connectivity index (χ0) is 8.36. The van der Waals surface area contributed by atoms with Crippen LogP contribution < -0.4 is 5.73 Å². The van der Waals surface area contributed by atoms with E-state index < -0.39 is 20.0 Å². The highest BCUT2D eigenvalue weighted by Gasteiger charge is 2.23. The monoisotopic (exact) mass is 171 g/mol. The van der Waals surface area contributed by atoms with Crippen LogP contribution in [-0.2, 0) is 13.9 Å². The van der Waals surface area contributed by atoms with Gasteiger partial charge in [-0.05, 0) is 0 Å². The third-order valence-corrected chi connectivity index (χ3v) is 0.996. The second-order valence-electron chi connectivity index (χ2n) is 1.35. The molecule has 60 valence electrons. The molecule has 0 aliphatic heterocycles. The van der Waals surface area contributed by atoms with E-state index in [0.717, 1.165) is 0 Å². The topological polar surface area (TPSA) is 130 Å². The van der Waals surface area contributed by atoms with E-state index >= 15 is 0 Å². The molecule has 0 aliphatic rings. The van der Waals surface area contributed by atoms with E-state index in [2.05, 4.69) is 10.3 Å². The molecule has 8 heteroatoms. The van der Waals surface area contributed by atoms with Crippen molar-refractivity contribution in [2.45, 2.75) is 6.23 Å². The van der Waals surface area contributed by atoms with Gasteiger partial charge in [0.25, 0.3) is 0 Å². The minimum atomic E-state index is -4.78. The smallest absolute Gasteiger partial charge is 0.471 e. The number of hydrogen-bond acceptors (Lipinski definition) is 4. The van der Waals surface area contributed by atoms with Crippen LogP contribution in [0.3, 0.4) is 0 Å². The highest BCUT2D eigenvalue weighted by Crippen LogP contribution is 2.36. The average Bonchev–Trinajstić information content (AvgIpc) is 1.60. The molecule has 1 atom stereocenters. The van der Waals surface area contributed by atoms with E-state index in [1.807, 2.05) is 0 Å². The molecule has 0 spiro atoms. The Balaban J connectivity index is 3.93. The van der Waals surface area contributed by atoms with Gasteiger partial charge in [0.1, 0.15) is 0 Å². The molecule has 0 heterocycles. The second kappa shape index (κ2) is 3.09. The first-order valence-corrected chi connectivity index (χ1v) is 3.58. The van der Waals surface area contributed by atoms with E-state index in [1.165, 1.54) is 0 Å². The largest absolute Gasteiger partial charge is 0.478 e. The van der Waals surface area contributed by atoms with E-state index in [-0.39, 0.29) is 0 Å². The van der Waals surface area contributed by atoms with Crippen molar-refractivity contribution in [3.63, 3.8) is 0 Å². The van der Waals surface area contributed by atoms with Gasteiger partial charge in [0.2, 0.25) is 6.23 Å². The lowest BCUT2D eigenvalue weighted by Crippen LogP contribution is -2.31. The molecular weight excluding hydrogens is 165 g/mol. The molecule has 0 rings (SSSR count). The SMILES string of the molecule is N[C@H](OP(=O)(O)O)C(=O)O. The third-order valence-electron chi connectivity index (χ3n) is 0.494. The van der Waals surface area contributed by atoms with Gasteiger partial charge in [0, 0.05) is 0 Å². The minimum absolute atomic E-state index is 1.64. The van der Waals surface area contributed by atoms with Crippen LogP contribution in [0.2, 0.25) is 0 Å². The molecule has 0 saturated heterocycles. The number of phosphoric acid groups is 1. The zero-order valence-electron chi connectivity index (χ0n) is 4.67. The number of aliphatic carboxylic acids is 1. The standard InChI is InChI=1S/C2H6NO6P/c3-1(2(4)5)9-10(6,7)8/h1H,3H2,(H,4,5)(H2,6,7,8)/t1-/m1/s1. The number of carbonyl (C=O) groups is 1. The Bertz CT molecular complexity index is 173. The molecule has 0 unspecified atom stereocenters. The van der Waals surface area contributed by atoms with Crippen LogP contribution in [-0.4, -0.2) is 27.1 Å². The summed E-state index contributed by atoms with van der Waals surface area (Å²) in [7, 11) is -4.78. The van der Waals surface area contributed by atoms with Crippen molar-refractivity contribution in [3.8, 4) is 0 Å². The van der Waals surface area contributed by atoms with Crippen molar-refractivity contribution in [1.29, 1.82) is 0 Å². The van der Waals surface area contributed by atoms with Crippen molar-refractivity contribution in [1.82, 2.24) is 0 Å². The molecule has 0 saturated carbocycles. The van der Waals surface area contributed by atoms with E-state index in [0.29, 0.717) is 0 Å². The molecule has 10 heavy (non-hydrogen) atoms. The second-order valence-corrected chi connectivity index (χ2v) is 2.55. The molecule has 0 bridgehead atoms. The number of phosphoric ester groups is 1. The summed E-state index contributed by atoms with van der Waals surface area (Å²) in [5.74, 6) is -1.64. The Hall–Kier alpha value is -0.460. The zero-order valence-corrected chi connectivity index (χ0v) is 5.56. The molecule has 0 aliphatic carbocycles. The molecule has 0 aromatic rings. The van der Waals surface area contributed by atoms with E-state index in [4.69, 9.17) is 14.9 Å². The van der Waals surface area contributed by atoms with Crippen LogP contribution in [0.15, 0.2) is 0 Å². The number of carboxylic acids is 1. The number of nitrogens with two attached hydrogens (primary N) is 1. The summed E-state index contributed by atoms with van der Waals surface area (Å²) < 4.78 is 13.4. The Kier molecular flexibility index (Phi) is 2.95. The van der Waals surface area contributed by atoms with Gasteiger partial charge in [0.15, 0.2) is 0 Å². The summed E-state index contributed by atoms with van der Waals surface area (Å²) in [6.45, 7) is 0. The van der Waals surface area contributed by atoms with Gasteiger partial charge in [-0.25, -0.2) is 9.36 Å². The fourth-order valence-corrected chi connectivity index (χ4v) is 0.579. The first-order chi connectivity index (χ1) is 4.33. The van der Waals surface area contributed by atoms with E-state index in [1.54, 1.807) is 0 Å². The maximum atomic E-state index is 9.88. The summed E-state index contributed by atoms with van der Waals surface area (Å²) in [5, 5.41) is 7.95. The molecule has 0 radical (unpaired) electrons. The van der Waals surface area contributed by atoms with Crippen LogP contribution >= 0.6 is 7.82 Å². The Morgan fingerprint density at radius 3 is 2.10 bits per heavy atom. The molecular formula is C2H6NO6P. The summed E-state index contributed by atoms with van der Waals surface area (Å²) in [5.41, 5.74) is 4.59. The van der Waals surface area contributed by atoms with Gasteiger partial charge in [-0.3, -0.25) is 10.3 Å². The average molecular weight is 171 g/mol. The van der Waals surface area contributed by atoms with Crippen molar-refractivity contribution in [2.24, 2.45) is 5.73 Å². The summed E-state index contributed by atoms with van der Waals surface area (Å²) in [4.78, 5) is 25.7. The van der Waals surface area contributed by atoms with Crippen molar-refractivity contribution in [3.05, 3.63) is 0 Å². The van der Waals surface area contributed by atoms with Gasteiger partial charge >= 0.3 is 13.8 Å². The van der Waals surface area contributed by atoms with Gasteiger partial charge in [-0.15, -0.1) is 0 Å². The predicted octanol–water partition coefficient (Wildman–Crippen LogP) is -1.53. The maximum Gasteiger partial charge on any atom is 0.471 e. The Morgan fingerprint density at radius 1 is 1.60 bits per heavy atom. The molecule has 5 N–H and O–H groups in total. The van der Waals surface area contributed by atoms with Gasteiger partial charge in [0.05, 0.1) is 0 Å². The first-order valence-electron chi connectivity index (χ1n) is 2.05. The van der Waals surface area contributed by atoms with Crippen LogP contribution in [0.25, 0.3) is 0 Å². The Morgan fingerprint density at radius 2 is 2.00 bits per heavy atom. The lowest BCUT2D eigenvalue weighted by atomic mass is 10.6. The third kappa shape index (κ3) is 4.42. The predicted molar refractivity (Wildman–Crippen MR) is 28.7 cm³/mol. The molecule has 0 aromatic carbocycles. The van der Waals surface area contributed by atoms with Gasteiger partial charge < -0.3 is 14.9 Å². The number of carboxylic acid groups (broad SMARTS) is 1. The van der Waals surface area contributed by atoms with Crippen LogP contribution in [0.1, 0.15) is 0 Å². The van der Waals surface area contributed by atoms with Gasteiger partial charge in [-0.1, -0.05) is 0 Å². The van der Waals surface area contributed by atoms with Gasteiger partial charge in [-0.2, -0.15) is 0 Å². The lowest BCUT2D eigenvalue weighted by Gasteiger charge is -2.07. The summed E-state index contributed by atoms with van der Waals surface area (Å²) >= 11 is 0. The van der Waals surface area contributed by atoms with Crippen LogP contribution in [0.4, 0.5) is 0 Å². The fourth-order valence-electron chi connectivity index (χ4n) is 0.193. The quantitative estimate of drug-likeness (QED) is 0.299. The molecule has 0 amide bonds. The normalized spacial score (nSPS) is 14.7. The lowest BCUT2D eigenvalue weighted by molar-refractivity contribution is -0.145. The Labute approximate surface area is 55.7 Å². The maximum absolute atomic E-state index is 9.88. The van der Waals surface area contributed by atoms with Crippen molar-refractivity contribution >= 4 is 13.8 Å². The molecule has 0 aromatic heterocycles. The van der Waals surface area contributed by atoms with E-state index in [9.17, 15) is 9.36 Å². The summed E-state index contributed by atoms with van der Waals surface area (Å²) in [6.07, 6.45) is -1.99. The highest BCUT2D eigenvalue weighted by atomic mass is 31.2. The number of rotatable bonds is 3. The first kappa shape index (κ1) is 9.54. The minimum Gasteiger partial charge on any atom is -0.478 e. The highest BCUT2D eigenvalue weighted by molar-refractivity contribution is 7.46. The number of hydrogen-bond donors (Lipinski definition) is 4.